The lowest BCUT2D eigenvalue weighted by Gasteiger charge is -2.32. The van der Waals surface area contributed by atoms with Crippen LogP contribution in [0.3, 0.4) is 0 Å². The van der Waals surface area contributed by atoms with E-state index >= 15 is 0 Å². The van der Waals surface area contributed by atoms with Crippen LogP contribution in [0.15, 0.2) is 29.9 Å². The first-order valence-electron chi connectivity index (χ1n) is 10.9. The molecule has 1 aromatic carbocycles. The first-order chi connectivity index (χ1) is 13.4. The van der Waals surface area contributed by atoms with Gasteiger partial charge < -0.3 is 14.9 Å². The van der Waals surface area contributed by atoms with E-state index in [4.69, 9.17) is 4.74 Å². The zero-order valence-electron chi connectivity index (χ0n) is 18.2. The molecule has 0 aliphatic heterocycles. The average molecular weight is 387 g/mol. The monoisotopic (exact) mass is 386 g/mol. The van der Waals surface area contributed by atoms with Crippen molar-refractivity contribution in [3.63, 3.8) is 0 Å². The zero-order valence-corrected chi connectivity index (χ0v) is 18.2. The summed E-state index contributed by atoms with van der Waals surface area (Å²) in [4.78, 5) is 0. The first-order valence-corrected chi connectivity index (χ1v) is 10.9. The molecule has 0 aromatic heterocycles. The molecule has 0 heterocycles. The number of rotatable bonds is 10. The van der Waals surface area contributed by atoms with Crippen LogP contribution in [-0.2, 0) is 6.42 Å². The maximum atomic E-state index is 11.2. The summed E-state index contributed by atoms with van der Waals surface area (Å²) in [6, 6.07) is 1.82. The van der Waals surface area contributed by atoms with E-state index in [0.717, 1.165) is 62.5 Å². The van der Waals surface area contributed by atoms with Gasteiger partial charge in [0.25, 0.3) is 0 Å². The van der Waals surface area contributed by atoms with Gasteiger partial charge in [-0.1, -0.05) is 56.9 Å². The van der Waals surface area contributed by atoms with Crippen molar-refractivity contribution < 1.29 is 14.9 Å². The standard InChI is InChI=1S/C25H38O3/c1-6-8-10-11-19-16-22(26)23(24(27)25(19)28-14-9-7-2)21-15-18(5)12-13-20(21)17(3)4/h15-16,20-21,26-27H,3,6-14H2,1-2,4-5H3/t20-,21+/m0/s1. The maximum Gasteiger partial charge on any atom is 0.165 e. The van der Waals surface area contributed by atoms with Crippen LogP contribution in [0.5, 0.6) is 17.2 Å². The van der Waals surface area contributed by atoms with Gasteiger partial charge in [-0.2, -0.15) is 0 Å². The van der Waals surface area contributed by atoms with Crippen LogP contribution in [0.2, 0.25) is 0 Å². The number of unbranched alkanes of at least 4 members (excludes halogenated alkanes) is 3. The van der Waals surface area contributed by atoms with Gasteiger partial charge in [0.15, 0.2) is 11.5 Å². The van der Waals surface area contributed by atoms with Gasteiger partial charge in [0.1, 0.15) is 5.75 Å². The van der Waals surface area contributed by atoms with Crippen molar-refractivity contribution in [2.75, 3.05) is 6.61 Å². The second kappa shape index (κ2) is 10.6. The van der Waals surface area contributed by atoms with Gasteiger partial charge in [-0.3, -0.25) is 0 Å². The molecule has 1 aromatic rings. The molecule has 3 nitrogen and oxygen atoms in total. The van der Waals surface area contributed by atoms with Gasteiger partial charge in [-0.05, 0) is 57.9 Å². The third kappa shape index (κ3) is 5.33. The number of benzene rings is 1. The molecule has 0 amide bonds. The van der Waals surface area contributed by atoms with Crippen LogP contribution in [0.4, 0.5) is 0 Å². The Hall–Kier alpha value is -1.90. The lowest BCUT2D eigenvalue weighted by atomic mass is 9.73. The Morgan fingerprint density at radius 1 is 1.18 bits per heavy atom. The number of aromatic hydroxyl groups is 2. The molecule has 28 heavy (non-hydrogen) atoms. The highest BCUT2D eigenvalue weighted by molar-refractivity contribution is 5.60. The molecule has 2 atom stereocenters. The molecule has 0 saturated heterocycles. The van der Waals surface area contributed by atoms with E-state index in [1.807, 2.05) is 13.0 Å². The lowest BCUT2D eigenvalue weighted by molar-refractivity contribution is 0.285. The van der Waals surface area contributed by atoms with Crippen molar-refractivity contribution in [2.45, 2.75) is 85.0 Å². The van der Waals surface area contributed by atoms with E-state index in [-0.39, 0.29) is 23.3 Å². The van der Waals surface area contributed by atoms with Gasteiger partial charge in [-0.15, -0.1) is 0 Å². The molecular weight excluding hydrogens is 348 g/mol. The van der Waals surface area contributed by atoms with E-state index in [1.165, 1.54) is 5.57 Å². The summed E-state index contributed by atoms with van der Waals surface area (Å²) in [7, 11) is 0. The number of hydrogen-bond acceptors (Lipinski definition) is 3. The van der Waals surface area contributed by atoms with Crippen molar-refractivity contribution in [1.29, 1.82) is 0 Å². The molecule has 2 rings (SSSR count). The largest absolute Gasteiger partial charge is 0.507 e. The van der Waals surface area contributed by atoms with E-state index in [2.05, 4.69) is 33.4 Å². The molecule has 0 saturated carbocycles. The quantitative estimate of drug-likeness (QED) is 0.335. The summed E-state index contributed by atoms with van der Waals surface area (Å²) in [5.74, 6) is 1.01. The summed E-state index contributed by atoms with van der Waals surface area (Å²) in [5, 5.41) is 22.1. The minimum absolute atomic E-state index is 0.0653. The number of ether oxygens (including phenoxy) is 1. The van der Waals surface area contributed by atoms with Gasteiger partial charge in [0.2, 0.25) is 0 Å². The third-order valence-electron chi connectivity index (χ3n) is 5.86. The Morgan fingerprint density at radius 3 is 2.54 bits per heavy atom. The lowest BCUT2D eigenvalue weighted by Crippen LogP contribution is -2.17. The number of allylic oxidation sites excluding steroid dienone is 3. The maximum absolute atomic E-state index is 11.2. The van der Waals surface area contributed by atoms with Crippen LogP contribution in [0, 0.1) is 5.92 Å². The molecule has 156 valence electrons. The highest BCUT2D eigenvalue weighted by Gasteiger charge is 2.32. The number of hydrogen-bond donors (Lipinski definition) is 2. The van der Waals surface area contributed by atoms with Gasteiger partial charge in [0.05, 0.1) is 6.61 Å². The highest BCUT2D eigenvalue weighted by atomic mass is 16.5. The molecule has 0 spiro atoms. The second-order valence-electron chi connectivity index (χ2n) is 8.34. The van der Waals surface area contributed by atoms with E-state index in [1.54, 1.807) is 0 Å². The molecule has 1 aliphatic carbocycles. The van der Waals surface area contributed by atoms with Gasteiger partial charge >= 0.3 is 0 Å². The molecule has 0 unspecified atom stereocenters. The number of aryl methyl sites for hydroxylation is 1. The van der Waals surface area contributed by atoms with Crippen molar-refractivity contribution in [2.24, 2.45) is 5.92 Å². The predicted octanol–water partition coefficient (Wildman–Crippen LogP) is 7.03. The fraction of sp³-hybridized carbons (Fsp3) is 0.600. The Morgan fingerprint density at radius 2 is 1.89 bits per heavy atom. The predicted molar refractivity (Wildman–Crippen MR) is 117 cm³/mol. The molecule has 0 radical (unpaired) electrons. The van der Waals surface area contributed by atoms with Crippen molar-refractivity contribution >= 4 is 0 Å². The minimum atomic E-state index is -0.0653. The zero-order chi connectivity index (χ0) is 20.7. The third-order valence-corrected chi connectivity index (χ3v) is 5.86. The number of phenolic OH excluding ortho intramolecular Hbond substituents is 2. The Bertz CT molecular complexity index is 702. The molecule has 0 bridgehead atoms. The molecule has 2 N–H and O–H groups in total. The molecule has 0 fully saturated rings. The second-order valence-corrected chi connectivity index (χ2v) is 8.34. The van der Waals surface area contributed by atoms with E-state index in [0.29, 0.717) is 17.9 Å². The molecule has 3 heteroatoms. The fourth-order valence-corrected chi connectivity index (χ4v) is 4.17. The average Bonchev–Trinajstić information content (AvgIpc) is 2.64. The highest BCUT2D eigenvalue weighted by Crippen LogP contribution is 2.50. The van der Waals surface area contributed by atoms with Crippen molar-refractivity contribution in [3.8, 4) is 17.2 Å². The van der Waals surface area contributed by atoms with Crippen LogP contribution < -0.4 is 4.74 Å². The summed E-state index contributed by atoms with van der Waals surface area (Å²) >= 11 is 0. The summed E-state index contributed by atoms with van der Waals surface area (Å²) < 4.78 is 6.04. The van der Waals surface area contributed by atoms with Crippen LogP contribution in [0.25, 0.3) is 0 Å². The molecule has 1 aliphatic rings. The number of phenols is 2. The summed E-state index contributed by atoms with van der Waals surface area (Å²) in [6.45, 7) is 13.2. The normalized spacial score (nSPS) is 19.4. The summed E-state index contributed by atoms with van der Waals surface area (Å²) in [5.41, 5.74) is 3.89. The van der Waals surface area contributed by atoms with Crippen molar-refractivity contribution in [1.82, 2.24) is 0 Å². The Labute approximate surface area is 171 Å². The van der Waals surface area contributed by atoms with Gasteiger partial charge in [-0.25, -0.2) is 0 Å². The van der Waals surface area contributed by atoms with Crippen LogP contribution in [-0.4, -0.2) is 16.8 Å². The Kier molecular flexibility index (Phi) is 8.47. The van der Waals surface area contributed by atoms with E-state index < -0.39 is 0 Å². The first kappa shape index (κ1) is 22.4. The Balaban J connectivity index is 2.49. The summed E-state index contributed by atoms with van der Waals surface area (Å²) in [6.07, 6.45) is 10.3. The molecular formula is C25H38O3. The minimum Gasteiger partial charge on any atom is -0.507 e. The smallest absolute Gasteiger partial charge is 0.165 e. The van der Waals surface area contributed by atoms with Crippen molar-refractivity contribution in [3.05, 3.63) is 41.0 Å². The van der Waals surface area contributed by atoms with Crippen LogP contribution >= 0.6 is 0 Å². The van der Waals surface area contributed by atoms with E-state index in [9.17, 15) is 10.2 Å². The van der Waals surface area contributed by atoms with Gasteiger partial charge in [0, 0.05) is 17.0 Å². The fourth-order valence-electron chi connectivity index (χ4n) is 4.17. The topological polar surface area (TPSA) is 49.7 Å². The SMILES string of the molecule is C=C(C)[C@@H]1CCC(C)=C[C@H]1c1c(O)cc(CCCCC)c(OCCCC)c1O. The van der Waals surface area contributed by atoms with Crippen LogP contribution in [0.1, 0.15) is 89.7 Å².